The highest BCUT2D eigenvalue weighted by Crippen LogP contribution is 2.51. The first kappa shape index (κ1) is 21.1. The van der Waals surface area contributed by atoms with Gasteiger partial charge in [0.2, 0.25) is 0 Å². The van der Waals surface area contributed by atoms with Crippen LogP contribution in [0.15, 0.2) is 36.4 Å². The molecule has 4 atom stereocenters. The molecule has 2 fully saturated rings. The van der Waals surface area contributed by atoms with Crippen LogP contribution in [0.25, 0.3) is 0 Å². The molecule has 0 N–H and O–H groups in total. The van der Waals surface area contributed by atoms with Gasteiger partial charge in [0.15, 0.2) is 8.32 Å². The number of fused-ring (bicyclic) bond motifs is 1. The Morgan fingerprint density at radius 1 is 1.17 bits per heavy atom. The van der Waals surface area contributed by atoms with Crippen molar-refractivity contribution >= 4 is 8.32 Å². The third kappa shape index (κ3) is 3.84. The van der Waals surface area contributed by atoms with Crippen molar-refractivity contribution in [3.8, 4) is 5.75 Å². The van der Waals surface area contributed by atoms with Gasteiger partial charge in [0.05, 0.1) is 13.2 Å². The summed E-state index contributed by atoms with van der Waals surface area (Å²) in [5.74, 6) is 1.49. The zero-order valence-corrected chi connectivity index (χ0v) is 20.2. The third-order valence-electron chi connectivity index (χ3n) is 8.19. The summed E-state index contributed by atoms with van der Waals surface area (Å²) in [6, 6.07) is 9.14. The molecular weight excluding hydrogens is 374 g/mol. The fourth-order valence-electron chi connectivity index (χ4n) is 5.57. The van der Waals surface area contributed by atoms with Gasteiger partial charge in [-0.05, 0) is 74.5 Å². The van der Waals surface area contributed by atoms with Crippen molar-refractivity contribution in [3.63, 3.8) is 0 Å². The van der Waals surface area contributed by atoms with Gasteiger partial charge in [0, 0.05) is 17.5 Å². The minimum absolute atomic E-state index is 0.232. The van der Waals surface area contributed by atoms with Gasteiger partial charge in [0.25, 0.3) is 0 Å². The van der Waals surface area contributed by atoms with E-state index in [1.54, 1.807) is 7.11 Å². The Morgan fingerprint density at radius 3 is 2.55 bits per heavy atom. The fraction of sp³-hybridized carbons (Fsp3) is 0.680. The van der Waals surface area contributed by atoms with E-state index in [1.807, 2.05) is 0 Å². The number of benzene rings is 1. The maximum Gasteiger partial charge on any atom is 0.192 e. The van der Waals surface area contributed by atoms with Crippen LogP contribution in [0, 0.1) is 5.92 Å². The van der Waals surface area contributed by atoms with E-state index in [4.69, 9.17) is 9.16 Å². The van der Waals surface area contributed by atoms with Crippen molar-refractivity contribution in [2.24, 2.45) is 5.92 Å². The van der Waals surface area contributed by atoms with E-state index in [2.05, 4.69) is 75.2 Å². The highest BCUT2D eigenvalue weighted by atomic mass is 28.4. The molecule has 4 rings (SSSR count). The van der Waals surface area contributed by atoms with Crippen molar-refractivity contribution in [1.82, 2.24) is 4.90 Å². The van der Waals surface area contributed by atoms with Gasteiger partial charge in [-0.15, -0.1) is 0 Å². The predicted octanol–water partition coefficient (Wildman–Crippen LogP) is 5.81. The van der Waals surface area contributed by atoms with Crippen LogP contribution < -0.4 is 4.74 Å². The largest absolute Gasteiger partial charge is 0.497 e. The monoisotopic (exact) mass is 413 g/mol. The number of piperidine rings is 1. The second kappa shape index (κ2) is 7.54. The van der Waals surface area contributed by atoms with Crippen molar-refractivity contribution in [2.45, 2.75) is 88.7 Å². The summed E-state index contributed by atoms with van der Waals surface area (Å²) >= 11 is 0. The van der Waals surface area contributed by atoms with Crippen molar-refractivity contribution in [1.29, 1.82) is 0 Å². The van der Waals surface area contributed by atoms with Gasteiger partial charge < -0.3 is 9.16 Å². The molecule has 0 unspecified atom stereocenters. The average molecular weight is 414 g/mol. The van der Waals surface area contributed by atoms with Crippen LogP contribution in [0.1, 0.15) is 52.0 Å². The first-order valence-corrected chi connectivity index (χ1v) is 14.3. The molecule has 4 heteroatoms. The SMILES string of the molecule is COc1ccc(C[C@H]2[C@@H](O[Si](C)(C)C(C)(C)C)[C@@H]3C=CC[C@@]4(CCCN24)C3)cc1. The number of nitrogens with zero attached hydrogens (tertiary/aromatic N) is 1. The second-order valence-electron chi connectivity index (χ2n) is 11.0. The Labute approximate surface area is 178 Å². The second-order valence-corrected chi connectivity index (χ2v) is 15.7. The molecular formula is C25H39NO2Si. The zero-order valence-electron chi connectivity index (χ0n) is 19.2. The number of ether oxygens (including phenoxy) is 1. The summed E-state index contributed by atoms with van der Waals surface area (Å²) in [6.07, 6.45) is 11.5. The summed E-state index contributed by atoms with van der Waals surface area (Å²) in [6.45, 7) is 13.1. The molecule has 1 aliphatic carbocycles. The topological polar surface area (TPSA) is 21.7 Å². The molecule has 2 saturated heterocycles. The van der Waals surface area contributed by atoms with Gasteiger partial charge in [-0.2, -0.15) is 0 Å². The summed E-state index contributed by atoms with van der Waals surface area (Å²) in [5, 5.41) is 0.232. The molecule has 2 bridgehead atoms. The minimum atomic E-state index is -1.85. The molecule has 0 amide bonds. The number of methoxy groups -OCH3 is 1. The lowest BCUT2D eigenvalue weighted by atomic mass is 9.69. The molecule has 29 heavy (non-hydrogen) atoms. The highest BCUT2D eigenvalue weighted by Gasteiger charge is 2.55. The van der Waals surface area contributed by atoms with Crippen molar-refractivity contribution in [3.05, 3.63) is 42.0 Å². The Balaban J connectivity index is 1.67. The number of rotatable bonds is 5. The lowest BCUT2D eigenvalue weighted by Gasteiger charge is -2.57. The molecule has 1 aromatic carbocycles. The lowest BCUT2D eigenvalue weighted by Crippen LogP contribution is -2.65. The maximum absolute atomic E-state index is 7.18. The molecule has 160 valence electrons. The molecule has 1 spiro atoms. The molecule has 1 aromatic rings. The highest BCUT2D eigenvalue weighted by molar-refractivity contribution is 6.74. The van der Waals surface area contributed by atoms with Crippen molar-refractivity contribution < 1.29 is 9.16 Å². The fourth-order valence-corrected chi connectivity index (χ4v) is 6.93. The molecule has 2 aliphatic heterocycles. The van der Waals surface area contributed by atoms with E-state index in [0.29, 0.717) is 23.6 Å². The Morgan fingerprint density at radius 2 is 1.90 bits per heavy atom. The van der Waals surface area contributed by atoms with E-state index in [1.165, 1.54) is 37.8 Å². The van der Waals surface area contributed by atoms with Crippen LogP contribution in [0.2, 0.25) is 18.1 Å². The normalized spacial score (nSPS) is 32.3. The van der Waals surface area contributed by atoms with E-state index >= 15 is 0 Å². The van der Waals surface area contributed by atoms with Gasteiger partial charge in [-0.1, -0.05) is 45.1 Å². The average Bonchev–Trinajstić information content (AvgIpc) is 3.06. The van der Waals surface area contributed by atoms with Crippen LogP contribution in [0.4, 0.5) is 0 Å². The molecule has 2 heterocycles. The van der Waals surface area contributed by atoms with E-state index < -0.39 is 8.32 Å². The van der Waals surface area contributed by atoms with Gasteiger partial charge in [-0.25, -0.2) is 0 Å². The maximum atomic E-state index is 7.18. The van der Waals surface area contributed by atoms with Crippen molar-refractivity contribution in [2.75, 3.05) is 13.7 Å². The zero-order chi connectivity index (χ0) is 20.9. The van der Waals surface area contributed by atoms with Gasteiger partial charge >= 0.3 is 0 Å². The molecule has 3 nitrogen and oxygen atoms in total. The molecule has 0 aromatic heterocycles. The summed E-state index contributed by atoms with van der Waals surface area (Å²) in [4.78, 5) is 2.86. The molecule has 0 saturated carbocycles. The van der Waals surface area contributed by atoms with E-state index in [9.17, 15) is 0 Å². The van der Waals surface area contributed by atoms with Crippen LogP contribution in [-0.4, -0.2) is 44.6 Å². The summed E-state index contributed by atoms with van der Waals surface area (Å²) in [7, 11) is -0.112. The van der Waals surface area contributed by atoms with E-state index in [-0.39, 0.29) is 5.04 Å². The van der Waals surface area contributed by atoms with Gasteiger partial charge in [-0.3, -0.25) is 4.90 Å². The lowest BCUT2D eigenvalue weighted by molar-refractivity contribution is -0.0695. The quantitative estimate of drug-likeness (QED) is 0.449. The summed E-state index contributed by atoms with van der Waals surface area (Å²) < 4.78 is 12.6. The molecule has 3 aliphatic rings. The van der Waals surface area contributed by atoms with Crippen LogP contribution in [0.5, 0.6) is 5.75 Å². The van der Waals surface area contributed by atoms with Crippen LogP contribution >= 0.6 is 0 Å². The molecule has 0 radical (unpaired) electrons. The smallest absolute Gasteiger partial charge is 0.192 e. The minimum Gasteiger partial charge on any atom is -0.497 e. The first-order chi connectivity index (χ1) is 13.7. The Kier molecular flexibility index (Phi) is 5.50. The standard InChI is InChI=1S/C25H39NO2Si/c1-24(2,3)29(5,6)28-23-20-9-7-14-25(18-20)15-8-16-26(25)22(23)17-19-10-12-21(27-4)13-11-19/h7,9-13,20,22-23H,8,14-18H2,1-6H3/t20-,22+,23+,25-/m1/s1. The number of hydrogen-bond acceptors (Lipinski definition) is 3. The van der Waals surface area contributed by atoms with E-state index in [0.717, 1.165) is 12.2 Å². The Bertz CT molecular complexity index is 751. The number of hydrogen-bond donors (Lipinski definition) is 0. The summed E-state index contributed by atoms with van der Waals surface area (Å²) in [5.41, 5.74) is 1.77. The Hall–Kier alpha value is -1.10. The first-order valence-electron chi connectivity index (χ1n) is 11.4. The van der Waals surface area contributed by atoms with Crippen LogP contribution in [0.3, 0.4) is 0 Å². The third-order valence-corrected chi connectivity index (χ3v) is 12.7. The van der Waals surface area contributed by atoms with Gasteiger partial charge in [0.1, 0.15) is 5.75 Å². The van der Waals surface area contributed by atoms with Crippen LogP contribution in [-0.2, 0) is 10.8 Å². The predicted molar refractivity (Wildman–Crippen MR) is 123 cm³/mol.